The van der Waals surface area contributed by atoms with Gasteiger partial charge in [0.2, 0.25) is 17.2 Å². The Hall–Kier alpha value is -2.74. The summed E-state index contributed by atoms with van der Waals surface area (Å²) in [4.78, 5) is 29.4. The topological polar surface area (TPSA) is 85.3 Å². The van der Waals surface area contributed by atoms with Gasteiger partial charge in [-0.1, -0.05) is 42.3 Å². The Bertz CT molecular complexity index is 1270. The van der Waals surface area contributed by atoms with E-state index in [1.165, 1.54) is 26.4 Å². The smallest absolute Gasteiger partial charge is 0.236 e. The van der Waals surface area contributed by atoms with Crippen LogP contribution in [0.15, 0.2) is 42.1 Å². The molecule has 0 amide bonds. The molecule has 9 heteroatoms. The SMILES string of the molecule is COc1cc(OC)c2c(c1Cl)O[C@@]1(C(=O)C=C(N3CCC(O)(c4ccc(Cl)cc4)CC3)C[C@H]1C)C2=O. The third-order valence-corrected chi connectivity index (χ3v) is 8.28. The summed E-state index contributed by atoms with van der Waals surface area (Å²) < 4.78 is 16.8. The first-order valence-corrected chi connectivity index (χ1v) is 12.6. The Kier molecular flexibility index (Phi) is 6.22. The molecule has 0 bridgehead atoms. The molecule has 2 aromatic rings. The molecular formula is C27H27Cl2NO6. The summed E-state index contributed by atoms with van der Waals surface area (Å²) in [5.74, 6) is -0.670. The number of hydrogen-bond donors (Lipinski definition) is 1. The molecule has 2 heterocycles. The Morgan fingerprint density at radius 2 is 1.69 bits per heavy atom. The number of rotatable bonds is 4. The van der Waals surface area contributed by atoms with Crippen molar-refractivity contribution in [3.05, 3.63) is 63.3 Å². The average Bonchev–Trinajstić information content (AvgIpc) is 3.18. The molecule has 0 unspecified atom stereocenters. The molecule has 2 atom stereocenters. The van der Waals surface area contributed by atoms with Gasteiger partial charge in [-0.25, -0.2) is 0 Å². The number of methoxy groups -OCH3 is 2. The van der Waals surface area contributed by atoms with Crippen molar-refractivity contribution in [3.8, 4) is 17.2 Å². The van der Waals surface area contributed by atoms with Gasteiger partial charge >= 0.3 is 0 Å². The zero-order chi connectivity index (χ0) is 25.8. The average molecular weight is 532 g/mol. The van der Waals surface area contributed by atoms with E-state index in [4.69, 9.17) is 37.4 Å². The third-order valence-electron chi connectivity index (χ3n) is 7.67. The molecule has 0 aromatic heterocycles. The third kappa shape index (κ3) is 3.67. The lowest BCUT2D eigenvalue weighted by molar-refractivity contribution is -0.129. The van der Waals surface area contributed by atoms with E-state index in [2.05, 4.69) is 4.90 Å². The quantitative estimate of drug-likeness (QED) is 0.567. The van der Waals surface area contributed by atoms with Crippen LogP contribution >= 0.6 is 23.2 Å². The second-order valence-corrected chi connectivity index (χ2v) is 10.4. The number of ketones is 2. The number of Topliss-reactive ketones (excluding diaryl/α,β-unsaturated/α-hetero) is 1. The molecular weight excluding hydrogens is 505 g/mol. The van der Waals surface area contributed by atoms with Crippen molar-refractivity contribution in [1.29, 1.82) is 0 Å². The first-order chi connectivity index (χ1) is 17.1. The van der Waals surface area contributed by atoms with Gasteiger partial charge in [0.05, 0.1) is 19.8 Å². The predicted molar refractivity (Wildman–Crippen MR) is 135 cm³/mol. The number of halogens is 2. The van der Waals surface area contributed by atoms with Gasteiger partial charge < -0.3 is 24.2 Å². The van der Waals surface area contributed by atoms with E-state index in [9.17, 15) is 14.7 Å². The fraction of sp³-hybridized carbons (Fsp3) is 0.407. The maximum atomic E-state index is 13.7. The van der Waals surface area contributed by atoms with Gasteiger partial charge in [0.1, 0.15) is 22.1 Å². The Labute approximate surface area is 219 Å². The van der Waals surface area contributed by atoms with Crippen molar-refractivity contribution in [2.75, 3.05) is 27.3 Å². The van der Waals surface area contributed by atoms with E-state index in [-0.39, 0.29) is 22.1 Å². The lowest BCUT2D eigenvalue weighted by Gasteiger charge is -2.43. The van der Waals surface area contributed by atoms with E-state index in [0.29, 0.717) is 43.1 Å². The summed E-state index contributed by atoms with van der Waals surface area (Å²) in [6.07, 6.45) is 2.98. The van der Waals surface area contributed by atoms with Crippen LogP contribution in [-0.2, 0) is 10.4 Å². The van der Waals surface area contributed by atoms with Gasteiger partial charge in [-0.3, -0.25) is 9.59 Å². The van der Waals surface area contributed by atoms with Crippen LogP contribution in [0.4, 0.5) is 0 Å². The highest BCUT2D eigenvalue weighted by Crippen LogP contribution is 2.53. The number of carbonyl (C=O) groups excluding carboxylic acids is 2. The highest BCUT2D eigenvalue weighted by atomic mass is 35.5. The highest BCUT2D eigenvalue weighted by Gasteiger charge is 2.60. The molecule has 2 aliphatic heterocycles. The molecule has 0 radical (unpaired) electrons. The van der Waals surface area contributed by atoms with Gasteiger partial charge in [0.15, 0.2) is 5.75 Å². The van der Waals surface area contributed by atoms with Gasteiger partial charge in [-0.2, -0.15) is 0 Å². The second kappa shape index (κ2) is 8.98. The summed E-state index contributed by atoms with van der Waals surface area (Å²) in [6, 6.07) is 8.78. The van der Waals surface area contributed by atoms with Crippen molar-refractivity contribution in [2.24, 2.45) is 5.92 Å². The molecule has 1 aliphatic carbocycles. The van der Waals surface area contributed by atoms with Crippen LogP contribution in [0.5, 0.6) is 17.2 Å². The van der Waals surface area contributed by atoms with Crippen LogP contribution in [0, 0.1) is 5.92 Å². The maximum absolute atomic E-state index is 13.7. The second-order valence-electron chi connectivity index (χ2n) is 9.60. The first kappa shape index (κ1) is 24.9. The number of fused-ring (bicyclic) bond motifs is 1. The molecule has 1 fully saturated rings. The molecule has 1 N–H and O–H groups in total. The lowest BCUT2D eigenvalue weighted by Crippen LogP contribution is -2.56. The van der Waals surface area contributed by atoms with Crippen LogP contribution in [0.1, 0.15) is 42.1 Å². The fourth-order valence-electron chi connectivity index (χ4n) is 5.54. The Balaban J connectivity index is 1.40. The van der Waals surface area contributed by atoms with Crippen LogP contribution in [-0.4, -0.2) is 54.5 Å². The number of hydrogen-bond acceptors (Lipinski definition) is 7. The van der Waals surface area contributed by atoms with Crippen LogP contribution in [0.2, 0.25) is 10.0 Å². The first-order valence-electron chi connectivity index (χ1n) is 11.8. The lowest BCUT2D eigenvalue weighted by atomic mass is 9.73. The van der Waals surface area contributed by atoms with Crippen molar-refractivity contribution in [1.82, 2.24) is 4.90 Å². The van der Waals surface area contributed by atoms with Crippen LogP contribution in [0.3, 0.4) is 0 Å². The molecule has 1 spiro atoms. The summed E-state index contributed by atoms with van der Waals surface area (Å²) in [7, 11) is 2.89. The number of benzene rings is 2. The van der Waals surface area contributed by atoms with Gasteiger partial charge in [-0.05, 0) is 37.0 Å². The fourth-order valence-corrected chi connectivity index (χ4v) is 5.93. The highest BCUT2D eigenvalue weighted by molar-refractivity contribution is 6.36. The molecule has 2 aromatic carbocycles. The molecule has 7 nitrogen and oxygen atoms in total. The summed E-state index contributed by atoms with van der Waals surface area (Å²) >= 11 is 12.5. The molecule has 1 saturated heterocycles. The molecule has 0 saturated carbocycles. The Morgan fingerprint density at radius 1 is 1.06 bits per heavy atom. The number of allylic oxidation sites excluding steroid dienone is 1. The van der Waals surface area contributed by atoms with Crippen LogP contribution < -0.4 is 14.2 Å². The van der Waals surface area contributed by atoms with E-state index in [1.54, 1.807) is 12.1 Å². The minimum absolute atomic E-state index is 0.112. The van der Waals surface area contributed by atoms with Crippen molar-refractivity contribution < 1.29 is 28.9 Å². The monoisotopic (exact) mass is 531 g/mol. The van der Waals surface area contributed by atoms with Crippen molar-refractivity contribution >= 4 is 34.8 Å². The number of likely N-dealkylation sites (tertiary alicyclic amines) is 1. The molecule has 3 aliphatic rings. The molecule has 190 valence electrons. The van der Waals surface area contributed by atoms with Gasteiger partial charge in [-0.15, -0.1) is 0 Å². The minimum Gasteiger partial charge on any atom is -0.496 e. The minimum atomic E-state index is -1.70. The number of carbonyl (C=O) groups is 2. The maximum Gasteiger partial charge on any atom is 0.236 e. The zero-order valence-corrected chi connectivity index (χ0v) is 21.8. The summed E-state index contributed by atoms with van der Waals surface area (Å²) in [5.41, 5.74) is -0.831. The Morgan fingerprint density at radius 3 is 2.28 bits per heavy atom. The zero-order valence-electron chi connectivity index (χ0n) is 20.3. The number of nitrogens with zero attached hydrogens (tertiary/aromatic N) is 1. The van der Waals surface area contributed by atoms with Gasteiger partial charge in [0.25, 0.3) is 0 Å². The summed E-state index contributed by atoms with van der Waals surface area (Å²) in [5, 5.41) is 12.0. The largest absolute Gasteiger partial charge is 0.496 e. The summed E-state index contributed by atoms with van der Waals surface area (Å²) in [6.45, 7) is 2.98. The predicted octanol–water partition coefficient (Wildman–Crippen LogP) is 4.80. The van der Waals surface area contributed by atoms with E-state index < -0.39 is 28.7 Å². The van der Waals surface area contributed by atoms with E-state index in [1.807, 2.05) is 19.1 Å². The molecule has 5 rings (SSSR count). The van der Waals surface area contributed by atoms with Gasteiger partial charge in [0, 0.05) is 41.9 Å². The number of piperidine rings is 1. The number of aliphatic hydroxyl groups is 1. The van der Waals surface area contributed by atoms with Crippen molar-refractivity contribution in [2.45, 2.75) is 37.4 Å². The van der Waals surface area contributed by atoms with Crippen LogP contribution in [0.25, 0.3) is 0 Å². The van der Waals surface area contributed by atoms with Crippen molar-refractivity contribution in [3.63, 3.8) is 0 Å². The molecule has 36 heavy (non-hydrogen) atoms. The standard InChI is InChI=1S/C27H27Cl2NO6/c1-15-12-18(30-10-8-26(33,9-11-30)16-4-6-17(28)7-5-16)13-21(31)27(15)25(32)22-19(34-2)14-20(35-3)23(29)24(22)36-27/h4-7,13-15,33H,8-12H2,1-3H3/t15-,27+/m1/s1. The van der Waals surface area contributed by atoms with E-state index >= 15 is 0 Å². The van der Waals surface area contributed by atoms with E-state index in [0.717, 1.165) is 11.3 Å². The normalized spacial score (nSPS) is 24.9. The number of ether oxygens (including phenoxy) is 3.